The van der Waals surface area contributed by atoms with Gasteiger partial charge in [0.25, 0.3) is 0 Å². The fraction of sp³-hybridized carbons (Fsp3) is 0.545. The van der Waals surface area contributed by atoms with Gasteiger partial charge in [-0.3, -0.25) is 4.98 Å². The van der Waals surface area contributed by atoms with Gasteiger partial charge in [-0.2, -0.15) is 13.2 Å². The van der Waals surface area contributed by atoms with Crippen LogP contribution in [0.1, 0.15) is 37.1 Å². The molecule has 1 atom stereocenters. The Morgan fingerprint density at radius 2 is 2.06 bits per heavy atom. The molecule has 1 unspecified atom stereocenters. The van der Waals surface area contributed by atoms with E-state index < -0.39 is 12.6 Å². The summed E-state index contributed by atoms with van der Waals surface area (Å²) in [5, 5.41) is 0. The van der Waals surface area contributed by atoms with Crippen LogP contribution < -0.4 is 5.73 Å². The third-order valence-corrected chi connectivity index (χ3v) is 2.27. The summed E-state index contributed by atoms with van der Waals surface area (Å²) < 4.78 is 35.7. The molecule has 0 aliphatic carbocycles. The molecule has 1 aromatic heterocycles. The number of aryl methyl sites for hydroxylation is 1. The lowest BCUT2D eigenvalue weighted by molar-refractivity contribution is -0.135. The van der Waals surface area contributed by atoms with Crippen molar-refractivity contribution < 1.29 is 13.2 Å². The summed E-state index contributed by atoms with van der Waals surface area (Å²) >= 11 is 0. The molecule has 0 saturated heterocycles. The lowest BCUT2D eigenvalue weighted by atomic mass is 10.1. The molecule has 0 saturated carbocycles. The molecular weight excluding hydrogens is 217 g/mol. The number of hydrogen-bond donors (Lipinski definition) is 1. The van der Waals surface area contributed by atoms with Gasteiger partial charge in [-0.15, -0.1) is 0 Å². The summed E-state index contributed by atoms with van der Waals surface area (Å²) in [5.74, 6) is 0. The normalized spacial score (nSPS) is 13.8. The number of pyridine rings is 1. The van der Waals surface area contributed by atoms with Crippen molar-refractivity contribution in [2.45, 2.75) is 38.4 Å². The van der Waals surface area contributed by atoms with Crippen molar-refractivity contribution in [1.29, 1.82) is 0 Å². The van der Waals surface area contributed by atoms with Gasteiger partial charge in [0, 0.05) is 24.4 Å². The van der Waals surface area contributed by atoms with Crippen molar-refractivity contribution >= 4 is 0 Å². The molecule has 2 N–H and O–H groups in total. The second kappa shape index (κ2) is 5.30. The van der Waals surface area contributed by atoms with Crippen LogP contribution in [-0.4, -0.2) is 11.2 Å². The first-order chi connectivity index (χ1) is 7.38. The monoisotopic (exact) mass is 232 g/mol. The first-order valence-corrected chi connectivity index (χ1v) is 5.15. The number of hydrogen-bond acceptors (Lipinski definition) is 2. The van der Waals surface area contributed by atoms with E-state index in [1.807, 2.05) is 6.92 Å². The molecular formula is C11H15F3N2. The number of alkyl halides is 3. The third kappa shape index (κ3) is 4.61. The zero-order chi connectivity index (χ0) is 12.2. The predicted molar refractivity (Wildman–Crippen MR) is 55.8 cm³/mol. The highest BCUT2D eigenvalue weighted by molar-refractivity contribution is 5.16. The van der Waals surface area contributed by atoms with E-state index in [4.69, 9.17) is 5.73 Å². The summed E-state index contributed by atoms with van der Waals surface area (Å²) in [4.78, 5) is 4.07. The predicted octanol–water partition coefficient (Wildman–Crippen LogP) is 2.99. The van der Waals surface area contributed by atoms with Gasteiger partial charge in [-0.1, -0.05) is 6.07 Å². The SMILES string of the molecule is CC(N)c1ccc(CCCC(F)(F)F)nc1. The summed E-state index contributed by atoms with van der Waals surface area (Å²) in [6, 6.07) is 3.44. The zero-order valence-corrected chi connectivity index (χ0v) is 9.09. The minimum atomic E-state index is -4.08. The molecule has 0 aliphatic rings. The van der Waals surface area contributed by atoms with Crippen molar-refractivity contribution in [3.63, 3.8) is 0 Å². The molecule has 0 radical (unpaired) electrons. The van der Waals surface area contributed by atoms with Crippen LogP contribution in [0.3, 0.4) is 0 Å². The Morgan fingerprint density at radius 3 is 2.50 bits per heavy atom. The average Bonchev–Trinajstić information content (AvgIpc) is 2.16. The van der Waals surface area contributed by atoms with Gasteiger partial charge in [0.1, 0.15) is 0 Å². The maximum absolute atomic E-state index is 11.9. The minimum Gasteiger partial charge on any atom is -0.324 e. The number of halogens is 3. The Labute approximate surface area is 92.7 Å². The molecule has 16 heavy (non-hydrogen) atoms. The molecule has 5 heteroatoms. The number of nitrogens with zero attached hydrogens (tertiary/aromatic N) is 1. The molecule has 0 fully saturated rings. The topological polar surface area (TPSA) is 38.9 Å². The van der Waals surface area contributed by atoms with E-state index in [-0.39, 0.29) is 12.5 Å². The molecule has 0 aromatic carbocycles. The van der Waals surface area contributed by atoms with Crippen LogP contribution in [0.15, 0.2) is 18.3 Å². The van der Waals surface area contributed by atoms with Gasteiger partial charge in [-0.05, 0) is 31.4 Å². The Hall–Kier alpha value is -1.10. The molecule has 0 spiro atoms. The van der Waals surface area contributed by atoms with Crippen molar-refractivity contribution in [3.8, 4) is 0 Å². The number of nitrogens with two attached hydrogens (primary N) is 1. The molecule has 0 bridgehead atoms. The Bertz CT molecular complexity index is 317. The van der Waals surface area contributed by atoms with Gasteiger partial charge in [-0.25, -0.2) is 0 Å². The largest absolute Gasteiger partial charge is 0.389 e. The van der Waals surface area contributed by atoms with E-state index in [1.165, 1.54) is 0 Å². The molecule has 1 rings (SSSR count). The average molecular weight is 232 g/mol. The fourth-order valence-corrected chi connectivity index (χ4v) is 1.32. The summed E-state index contributed by atoms with van der Waals surface area (Å²) in [6.45, 7) is 1.83. The van der Waals surface area contributed by atoms with Crippen LogP contribution in [0.2, 0.25) is 0 Å². The highest BCUT2D eigenvalue weighted by atomic mass is 19.4. The van der Waals surface area contributed by atoms with Gasteiger partial charge in [0.15, 0.2) is 0 Å². The third-order valence-electron chi connectivity index (χ3n) is 2.27. The summed E-state index contributed by atoms with van der Waals surface area (Å²) in [5.41, 5.74) is 7.20. The van der Waals surface area contributed by atoms with Crippen molar-refractivity contribution in [2.75, 3.05) is 0 Å². The molecule has 90 valence electrons. The van der Waals surface area contributed by atoms with Crippen LogP contribution in [0.25, 0.3) is 0 Å². The van der Waals surface area contributed by atoms with E-state index in [1.54, 1.807) is 18.3 Å². The van der Waals surface area contributed by atoms with Crippen molar-refractivity contribution in [2.24, 2.45) is 5.73 Å². The minimum absolute atomic E-state index is 0.0774. The molecule has 0 amide bonds. The highest BCUT2D eigenvalue weighted by Gasteiger charge is 2.25. The molecule has 1 aromatic rings. The van der Waals surface area contributed by atoms with E-state index in [0.29, 0.717) is 12.1 Å². The van der Waals surface area contributed by atoms with E-state index in [9.17, 15) is 13.2 Å². The molecule has 2 nitrogen and oxygen atoms in total. The van der Waals surface area contributed by atoms with E-state index >= 15 is 0 Å². The maximum atomic E-state index is 11.9. The van der Waals surface area contributed by atoms with Gasteiger partial charge < -0.3 is 5.73 Å². The van der Waals surface area contributed by atoms with Crippen molar-refractivity contribution in [1.82, 2.24) is 4.98 Å². The van der Waals surface area contributed by atoms with E-state index in [2.05, 4.69) is 4.98 Å². The van der Waals surface area contributed by atoms with Gasteiger partial charge in [0.2, 0.25) is 0 Å². The Kier molecular flexibility index (Phi) is 4.29. The highest BCUT2D eigenvalue weighted by Crippen LogP contribution is 2.22. The smallest absolute Gasteiger partial charge is 0.324 e. The number of aromatic nitrogens is 1. The van der Waals surface area contributed by atoms with Crippen LogP contribution in [0.5, 0.6) is 0 Å². The number of rotatable bonds is 4. The van der Waals surface area contributed by atoms with E-state index in [0.717, 1.165) is 5.56 Å². The Balaban J connectivity index is 2.44. The molecule has 0 aliphatic heterocycles. The van der Waals surface area contributed by atoms with Crippen LogP contribution >= 0.6 is 0 Å². The summed E-state index contributed by atoms with van der Waals surface area (Å²) in [7, 11) is 0. The lowest BCUT2D eigenvalue weighted by Crippen LogP contribution is -2.08. The van der Waals surface area contributed by atoms with Gasteiger partial charge >= 0.3 is 6.18 Å². The standard InChI is InChI=1S/C11H15F3N2/c1-8(15)9-4-5-10(16-7-9)3-2-6-11(12,13)14/h4-5,7-8H,2-3,6,15H2,1H3. The lowest BCUT2D eigenvalue weighted by Gasteiger charge is -2.07. The van der Waals surface area contributed by atoms with Crippen LogP contribution in [0.4, 0.5) is 13.2 Å². The molecule has 1 heterocycles. The first kappa shape index (κ1) is 13.0. The van der Waals surface area contributed by atoms with Crippen LogP contribution in [0, 0.1) is 0 Å². The summed E-state index contributed by atoms with van der Waals surface area (Å²) in [6.07, 6.45) is -2.80. The van der Waals surface area contributed by atoms with Crippen LogP contribution in [-0.2, 0) is 6.42 Å². The zero-order valence-electron chi connectivity index (χ0n) is 9.09. The fourth-order valence-electron chi connectivity index (χ4n) is 1.32. The van der Waals surface area contributed by atoms with Gasteiger partial charge in [0.05, 0.1) is 0 Å². The first-order valence-electron chi connectivity index (χ1n) is 5.15. The van der Waals surface area contributed by atoms with Crippen molar-refractivity contribution in [3.05, 3.63) is 29.6 Å². The second-order valence-corrected chi connectivity index (χ2v) is 3.84. The Morgan fingerprint density at radius 1 is 1.38 bits per heavy atom. The quantitative estimate of drug-likeness (QED) is 0.866. The second-order valence-electron chi connectivity index (χ2n) is 3.84. The maximum Gasteiger partial charge on any atom is 0.389 e.